The van der Waals surface area contributed by atoms with Crippen molar-refractivity contribution in [2.24, 2.45) is 5.92 Å². The van der Waals surface area contributed by atoms with E-state index < -0.39 is 67.1 Å². The summed E-state index contributed by atoms with van der Waals surface area (Å²) in [6.45, 7) is 0.489. The molecule has 1 saturated heterocycles. The van der Waals surface area contributed by atoms with Crippen LogP contribution in [0.3, 0.4) is 0 Å². The highest BCUT2D eigenvalue weighted by atomic mass is 35.5. The van der Waals surface area contributed by atoms with Crippen molar-refractivity contribution < 1.29 is 45.5 Å². The molecule has 3 amide bonds. The summed E-state index contributed by atoms with van der Waals surface area (Å²) in [7, 11) is 0. The second-order valence-corrected chi connectivity index (χ2v) is 11.3. The van der Waals surface area contributed by atoms with E-state index in [0.29, 0.717) is 10.4 Å². The maximum atomic E-state index is 14.0. The molecule has 41 heavy (non-hydrogen) atoms. The van der Waals surface area contributed by atoms with E-state index in [1.165, 1.54) is 12.1 Å². The summed E-state index contributed by atoms with van der Waals surface area (Å²) in [5, 5.41) is 4.68. The molecule has 0 radical (unpaired) electrons. The number of morpholine rings is 1. The van der Waals surface area contributed by atoms with Gasteiger partial charge in [0.1, 0.15) is 12.6 Å². The van der Waals surface area contributed by atoms with Gasteiger partial charge in [0.2, 0.25) is 5.91 Å². The first-order chi connectivity index (χ1) is 19.0. The van der Waals surface area contributed by atoms with Crippen LogP contribution in [0, 0.1) is 5.92 Å². The molecule has 1 aliphatic heterocycles. The van der Waals surface area contributed by atoms with Crippen LogP contribution < -0.4 is 15.5 Å². The number of rotatable bonds is 10. The molecule has 0 saturated carbocycles. The van der Waals surface area contributed by atoms with Crippen molar-refractivity contribution in [3.63, 3.8) is 0 Å². The van der Waals surface area contributed by atoms with Crippen molar-refractivity contribution in [3.05, 3.63) is 45.1 Å². The lowest BCUT2D eigenvalue weighted by atomic mass is 10.1. The highest BCUT2D eigenvalue weighted by Crippen LogP contribution is 2.39. The minimum atomic E-state index is -4.93. The summed E-state index contributed by atoms with van der Waals surface area (Å²) >= 11 is 6.76. The molecule has 0 spiro atoms. The number of carbonyl (C=O) groups is 3. The molecule has 16 heteroatoms. The highest BCUT2D eigenvalue weighted by Gasteiger charge is 2.39. The van der Waals surface area contributed by atoms with Crippen LogP contribution in [0.4, 0.5) is 37.7 Å². The molecule has 1 aliphatic rings. The van der Waals surface area contributed by atoms with Crippen molar-refractivity contribution in [2.45, 2.75) is 32.2 Å². The fourth-order valence-corrected chi connectivity index (χ4v) is 5.14. The molecule has 2 aromatic rings. The van der Waals surface area contributed by atoms with E-state index in [2.05, 4.69) is 10.6 Å². The molecule has 0 unspecified atom stereocenters. The first kappa shape index (κ1) is 32.6. The lowest BCUT2D eigenvalue weighted by Crippen LogP contribution is -2.54. The van der Waals surface area contributed by atoms with Gasteiger partial charge in [-0.2, -0.15) is 26.3 Å². The van der Waals surface area contributed by atoms with Crippen LogP contribution in [0.25, 0.3) is 0 Å². The second kappa shape index (κ2) is 13.4. The van der Waals surface area contributed by atoms with Gasteiger partial charge in [0.15, 0.2) is 0 Å². The van der Waals surface area contributed by atoms with Crippen molar-refractivity contribution in [3.8, 4) is 0 Å². The molecule has 1 aromatic heterocycles. The van der Waals surface area contributed by atoms with E-state index in [-0.39, 0.29) is 36.2 Å². The molecular weight excluding hydrogens is 602 g/mol. The van der Waals surface area contributed by atoms with Crippen LogP contribution in [-0.2, 0) is 20.5 Å². The number of nitrogens with zero attached hydrogens (tertiary/aromatic N) is 2. The summed E-state index contributed by atoms with van der Waals surface area (Å²) in [6.07, 6.45) is -9.64. The molecule has 2 N–H and O–H groups in total. The molecule has 0 aliphatic carbocycles. The summed E-state index contributed by atoms with van der Waals surface area (Å²) in [6, 6.07) is 3.97. The van der Waals surface area contributed by atoms with Gasteiger partial charge in [-0.05, 0) is 36.2 Å². The Bertz CT molecular complexity index is 1250. The first-order valence-electron chi connectivity index (χ1n) is 12.3. The molecular formula is C25H27ClF6N4O4S. The van der Waals surface area contributed by atoms with Crippen molar-refractivity contribution in [1.82, 2.24) is 10.2 Å². The zero-order valence-corrected chi connectivity index (χ0v) is 23.4. The summed E-state index contributed by atoms with van der Waals surface area (Å²) < 4.78 is 87.6. The van der Waals surface area contributed by atoms with E-state index >= 15 is 0 Å². The van der Waals surface area contributed by atoms with Gasteiger partial charge in [0, 0.05) is 25.3 Å². The average molecular weight is 629 g/mol. The predicted octanol–water partition coefficient (Wildman–Crippen LogP) is 5.04. The van der Waals surface area contributed by atoms with E-state index in [1.54, 1.807) is 13.8 Å². The zero-order chi connectivity index (χ0) is 30.5. The van der Waals surface area contributed by atoms with Crippen LogP contribution >= 0.6 is 22.9 Å². The summed E-state index contributed by atoms with van der Waals surface area (Å²) in [4.78, 5) is 39.9. The Morgan fingerprint density at radius 2 is 1.85 bits per heavy atom. The fourth-order valence-electron chi connectivity index (χ4n) is 4.18. The standard InChI is InChI=1S/C25H27ClF6N4O4S/c1-14(2)11-35(13-24(27,28)29)18(10-33-23(39)19-5-6-20(26)41-19)22(38)34-15-3-4-17(16(9-15)25(30,31)32)36-7-8-40-12-21(36)37/h3-6,9,14,18H,7-8,10-13H2,1-2H3,(H,33,39)(H,34,38)/t18-/m1/s1. The molecule has 8 nitrogen and oxygen atoms in total. The van der Waals surface area contributed by atoms with E-state index in [0.717, 1.165) is 33.3 Å². The number of hydrogen-bond acceptors (Lipinski definition) is 6. The minimum Gasteiger partial charge on any atom is -0.370 e. The number of carbonyl (C=O) groups excluding carboxylic acids is 3. The van der Waals surface area contributed by atoms with E-state index in [4.69, 9.17) is 16.3 Å². The maximum Gasteiger partial charge on any atom is 0.418 e. The van der Waals surface area contributed by atoms with Gasteiger partial charge in [-0.15, -0.1) is 11.3 Å². The number of nitrogens with one attached hydrogen (secondary N) is 2. The van der Waals surface area contributed by atoms with E-state index in [1.807, 2.05) is 0 Å². The summed E-state index contributed by atoms with van der Waals surface area (Å²) in [5.41, 5.74) is -2.02. The molecule has 1 fully saturated rings. The zero-order valence-electron chi connectivity index (χ0n) is 21.9. The molecule has 2 heterocycles. The number of benzene rings is 1. The third-order valence-corrected chi connectivity index (χ3v) is 7.05. The first-order valence-corrected chi connectivity index (χ1v) is 13.5. The molecule has 1 atom stereocenters. The summed E-state index contributed by atoms with van der Waals surface area (Å²) in [5.74, 6) is -2.77. The van der Waals surface area contributed by atoms with E-state index in [9.17, 15) is 40.7 Å². The molecule has 226 valence electrons. The normalized spacial score (nSPS) is 15.4. The number of halogens is 7. The van der Waals surface area contributed by atoms with Crippen LogP contribution in [0.2, 0.25) is 4.34 Å². The largest absolute Gasteiger partial charge is 0.418 e. The Labute approximate surface area is 240 Å². The van der Waals surface area contributed by atoms with Gasteiger partial charge in [-0.1, -0.05) is 25.4 Å². The maximum absolute atomic E-state index is 14.0. The Balaban J connectivity index is 1.91. The Kier molecular flexibility index (Phi) is 10.7. The lowest BCUT2D eigenvalue weighted by Gasteiger charge is -2.33. The lowest BCUT2D eigenvalue weighted by molar-refractivity contribution is -0.154. The van der Waals surface area contributed by atoms with Crippen molar-refractivity contribution in [1.29, 1.82) is 0 Å². The topological polar surface area (TPSA) is 91.0 Å². The van der Waals surface area contributed by atoms with Crippen LogP contribution in [-0.4, -0.2) is 74.2 Å². The molecule has 3 rings (SSSR count). The number of ether oxygens (including phenoxy) is 1. The minimum absolute atomic E-state index is 0.0253. The SMILES string of the molecule is CC(C)CN(CC(F)(F)F)[C@H](CNC(=O)c1ccc(Cl)s1)C(=O)Nc1ccc(N2CCOCC2=O)c(C(F)(F)F)c1. The third kappa shape index (κ3) is 9.31. The quantitative estimate of drug-likeness (QED) is 0.360. The third-order valence-electron chi connectivity index (χ3n) is 5.82. The monoisotopic (exact) mass is 628 g/mol. The molecule has 0 bridgehead atoms. The molecule has 1 aromatic carbocycles. The highest BCUT2D eigenvalue weighted by molar-refractivity contribution is 7.18. The Hall–Kier alpha value is -2.88. The van der Waals surface area contributed by atoms with Crippen LogP contribution in [0.5, 0.6) is 0 Å². The number of hydrogen-bond donors (Lipinski definition) is 2. The predicted molar refractivity (Wildman–Crippen MR) is 141 cm³/mol. The van der Waals surface area contributed by atoms with Gasteiger partial charge in [-0.25, -0.2) is 0 Å². The van der Waals surface area contributed by atoms with Gasteiger partial charge in [0.25, 0.3) is 11.8 Å². The fraction of sp³-hybridized carbons (Fsp3) is 0.480. The van der Waals surface area contributed by atoms with Crippen molar-refractivity contribution in [2.75, 3.05) is 49.6 Å². The Morgan fingerprint density at radius 1 is 1.15 bits per heavy atom. The van der Waals surface area contributed by atoms with Gasteiger partial charge in [-0.3, -0.25) is 19.3 Å². The number of amides is 3. The average Bonchev–Trinajstić information content (AvgIpc) is 3.29. The van der Waals surface area contributed by atoms with Gasteiger partial charge < -0.3 is 20.3 Å². The second-order valence-electron chi connectivity index (χ2n) is 9.58. The number of anilines is 2. The number of alkyl halides is 6. The number of thiophene rings is 1. The van der Waals surface area contributed by atoms with Crippen LogP contribution in [0.15, 0.2) is 30.3 Å². The van der Waals surface area contributed by atoms with Gasteiger partial charge in [0.05, 0.1) is 33.6 Å². The van der Waals surface area contributed by atoms with Gasteiger partial charge >= 0.3 is 12.4 Å². The van der Waals surface area contributed by atoms with Crippen LogP contribution in [0.1, 0.15) is 29.1 Å². The van der Waals surface area contributed by atoms with Crippen molar-refractivity contribution >= 4 is 52.0 Å². The Morgan fingerprint density at radius 3 is 2.41 bits per heavy atom. The smallest absolute Gasteiger partial charge is 0.370 e.